The largest absolute Gasteiger partial charge is 0.300 e. The van der Waals surface area contributed by atoms with E-state index < -0.39 is 10.0 Å². The molecule has 0 aliphatic carbocycles. The number of nitrogens with zero attached hydrogens (tertiary/aromatic N) is 4. The lowest BCUT2D eigenvalue weighted by molar-refractivity contribution is 0.305. The van der Waals surface area contributed by atoms with Gasteiger partial charge in [-0.1, -0.05) is 13.8 Å². The fourth-order valence-electron chi connectivity index (χ4n) is 1.84. The third-order valence-electron chi connectivity index (χ3n) is 2.73. The van der Waals surface area contributed by atoms with Gasteiger partial charge in [0, 0.05) is 18.9 Å². The van der Waals surface area contributed by atoms with Crippen LogP contribution in [-0.4, -0.2) is 40.3 Å². The molecule has 90 valence electrons. The summed E-state index contributed by atoms with van der Waals surface area (Å²) in [5.74, 6) is 1.98. The van der Waals surface area contributed by atoms with Gasteiger partial charge in [0.1, 0.15) is 11.6 Å². The van der Waals surface area contributed by atoms with Crippen molar-refractivity contribution in [3.63, 3.8) is 0 Å². The van der Waals surface area contributed by atoms with Crippen molar-refractivity contribution in [1.29, 1.82) is 0 Å². The third kappa shape index (κ3) is 1.97. The van der Waals surface area contributed by atoms with Gasteiger partial charge in [0.15, 0.2) is 0 Å². The van der Waals surface area contributed by atoms with Crippen LogP contribution in [0.4, 0.5) is 0 Å². The lowest BCUT2D eigenvalue weighted by atomic mass is 10.2. The van der Waals surface area contributed by atoms with Crippen molar-refractivity contribution in [3.05, 3.63) is 11.6 Å². The van der Waals surface area contributed by atoms with Crippen LogP contribution in [0.1, 0.15) is 31.4 Å². The molecule has 1 aromatic heterocycles. The zero-order valence-electron chi connectivity index (χ0n) is 9.71. The Labute approximate surface area is 95.3 Å². The summed E-state index contributed by atoms with van der Waals surface area (Å²) in [5, 5.41) is 8.19. The molecule has 0 saturated heterocycles. The second kappa shape index (κ2) is 3.81. The molecule has 16 heavy (non-hydrogen) atoms. The van der Waals surface area contributed by atoms with Crippen molar-refractivity contribution < 1.29 is 8.42 Å². The van der Waals surface area contributed by atoms with Gasteiger partial charge in [-0.3, -0.25) is 4.57 Å². The molecule has 7 heteroatoms. The fourth-order valence-corrected chi connectivity index (χ4v) is 2.59. The molecule has 2 heterocycles. The monoisotopic (exact) mass is 244 g/mol. The summed E-state index contributed by atoms with van der Waals surface area (Å²) in [4.78, 5) is 0. The zero-order valence-corrected chi connectivity index (χ0v) is 10.5. The molecular formula is C9H16N4O2S. The van der Waals surface area contributed by atoms with Crippen molar-refractivity contribution in [2.24, 2.45) is 0 Å². The van der Waals surface area contributed by atoms with E-state index in [-0.39, 0.29) is 5.92 Å². The molecule has 0 aromatic carbocycles. The smallest absolute Gasteiger partial charge is 0.212 e. The molecule has 0 radical (unpaired) electrons. The standard InChI is InChI=1S/C9H16N4O2S/c1-7(2)9-11-10-8-4-5-12(6-13(8)9)16(3,14)15/h7H,4-6H2,1-3H3. The van der Waals surface area contributed by atoms with Crippen molar-refractivity contribution in [2.75, 3.05) is 12.8 Å². The first-order valence-electron chi connectivity index (χ1n) is 5.26. The lowest BCUT2D eigenvalue weighted by Gasteiger charge is -2.26. The van der Waals surface area contributed by atoms with E-state index in [1.165, 1.54) is 10.6 Å². The Balaban J connectivity index is 2.35. The number of hydrogen-bond donors (Lipinski definition) is 0. The van der Waals surface area contributed by atoms with Crippen LogP contribution < -0.4 is 0 Å². The number of hydrogen-bond acceptors (Lipinski definition) is 4. The minimum Gasteiger partial charge on any atom is -0.300 e. The molecule has 0 bridgehead atoms. The second-order valence-corrected chi connectivity index (χ2v) is 6.37. The highest BCUT2D eigenvalue weighted by Crippen LogP contribution is 2.19. The first-order valence-corrected chi connectivity index (χ1v) is 7.11. The molecule has 1 aliphatic rings. The third-order valence-corrected chi connectivity index (χ3v) is 3.96. The molecule has 6 nitrogen and oxygen atoms in total. The van der Waals surface area contributed by atoms with Crippen LogP contribution >= 0.6 is 0 Å². The molecule has 0 fully saturated rings. The number of sulfonamides is 1. The Morgan fingerprint density at radius 1 is 1.31 bits per heavy atom. The maximum atomic E-state index is 11.5. The summed E-state index contributed by atoms with van der Waals surface area (Å²) < 4.78 is 26.3. The average molecular weight is 244 g/mol. The molecule has 2 rings (SSSR count). The van der Waals surface area contributed by atoms with E-state index in [1.807, 2.05) is 18.4 Å². The Hall–Kier alpha value is -0.950. The maximum absolute atomic E-state index is 11.5. The van der Waals surface area contributed by atoms with Gasteiger partial charge in [-0.05, 0) is 0 Å². The molecular weight excluding hydrogens is 228 g/mol. The minimum atomic E-state index is -3.13. The number of fused-ring (bicyclic) bond motifs is 1. The molecule has 0 spiro atoms. The van der Waals surface area contributed by atoms with E-state index in [0.29, 0.717) is 19.6 Å². The van der Waals surface area contributed by atoms with Gasteiger partial charge in [0.05, 0.1) is 12.9 Å². The van der Waals surface area contributed by atoms with Crippen LogP contribution in [0.25, 0.3) is 0 Å². The molecule has 1 aromatic rings. The SMILES string of the molecule is CC(C)c1nnc2n1CN(S(C)(=O)=O)CC2. The fraction of sp³-hybridized carbons (Fsp3) is 0.778. The normalized spacial score (nSPS) is 17.8. The quantitative estimate of drug-likeness (QED) is 0.744. The molecule has 0 unspecified atom stereocenters. The zero-order chi connectivity index (χ0) is 11.9. The topological polar surface area (TPSA) is 68.1 Å². The summed E-state index contributed by atoms with van der Waals surface area (Å²) in [5.41, 5.74) is 0. The average Bonchev–Trinajstić information content (AvgIpc) is 2.58. The van der Waals surface area contributed by atoms with Crippen LogP contribution in [0.2, 0.25) is 0 Å². The lowest BCUT2D eigenvalue weighted by Crippen LogP contribution is -2.39. The van der Waals surface area contributed by atoms with E-state index in [4.69, 9.17) is 0 Å². The van der Waals surface area contributed by atoms with Gasteiger partial charge < -0.3 is 0 Å². The summed E-state index contributed by atoms with van der Waals surface area (Å²) >= 11 is 0. The molecule has 1 aliphatic heterocycles. The molecule has 0 saturated carbocycles. The predicted octanol–water partition coefficient (Wildman–Crippen LogP) is 0.177. The van der Waals surface area contributed by atoms with Gasteiger partial charge in [-0.15, -0.1) is 10.2 Å². The van der Waals surface area contributed by atoms with Crippen molar-refractivity contribution in [3.8, 4) is 0 Å². The summed E-state index contributed by atoms with van der Waals surface area (Å²) in [6.07, 6.45) is 1.87. The van der Waals surface area contributed by atoms with Crippen molar-refractivity contribution >= 4 is 10.0 Å². The number of aromatic nitrogens is 3. The Bertz CT molecular complexity index is 492. The van der Waals surface area contributed by atoms with Crippen LogP contribution in [0.3, 0.4) is 0 Å². The van der Waals surface area contributed by atoms with Crippen LogP contribution in [-0.2, 0) is 23.1 Å². The molecule has 0 amide bonds. The first-order chi connectivity index (χ1) is 7.39. The van der Waals surface area contributed by atoms with Crippen LogP contribution in [0, 0.1) is 0 Å². The minimum absolute atomic E-state index is 0.251. The van der Waals surface area contributed by atoms with Gasteiger partial charge >= 0.3 is 0 Å². The highest BCUT2D eigenvalue weighted by molar-refractivity contribution is 7.88. The van der Waals surface area contributed by atoms with Crippen molar-refractivity contribution in [2.45, 2.75) is 32.9 Å². The van der Waals surface area contributed by atoms with Gasteiger partial charge in [-0.2, -0.15) is 4.31 Å². The van der Waals surface area contributed by atoms with E-state index >= 15 is 0 Å². The Morgan fingerprint density at radius 3 is 2.56 bits per heavy atom. The second-order valence-electron chi connectivity index (χ2n) is 4.39. The molecule has 0 atom stereocenters. The summed E-state index contributed by atoms with van der Waals surface area (Å²) in [6.45, 7) is 4.89. The van der Waals surface area contributed by atoms with E-state index in [0.717, 1.165) is 11.6 Å². The van der Waals surface area contributed by atoms with Gasteiger partial charge in [0.2, 0.25) is 10.0 Å². The van der Waals surface area contributed by atoms with Crippen LogP contribution in [0.15, 0.2) is 0 Å². The summed E-state index contributed by atoms with van der Waals surface area (Å²) in [6, 6.07) is 0. The first kappa shape index (κ1) is 11.5. The van der Waals surface area contributed by atoms with E-state index in [2.05, 4.69) is 10.2 Å². The van der Waals surface area contributed by atoms with Gasteiger partial charge in [0.25, 0.3) is 0 Å². The Kier molecular flexibility index (Phi) is 2.75. The highest BCUT2D eigenvalue weighted by Gasteiger charge is 2.26. The predicted molar refractivity (Wildman–Crippen MR) is 59.4 cm³/mol. The Morgan fingerprint density at radius 2 is 2.00 bits per heavy atom. The highest BCUT2D eigenvalue weighted by atomic mass is 32.2. The van der Waals surface area contributed by atoms with Crippen LogP contribution in [0.5, 0.6) is 0 Å². The molecule has 0 N–H and O–H groups in total. The van der Waals surface area contributed by atoms with E-state index in [1.54, 1.807) is 0 Å². The number of rotatable bonds is 2. The van der Waals surface area contributed by atoms with Gasteiger partial charge in [-0.25, -0.2) is 8.42 Å². The van der Waals surface area contributed by atoms with E-state index in [9.17, 15) is 8.42 Å². The van der Waals surface area contributed by atoms with Crippen molar-refractivity contribution in [1.82, 2.24) is 19.1 Å². The maximum Gasteiger partial charge on any atom is 0.212 e. The summed E-state index contributed by atoms with van der Waals surface area (Å²) in [7, 11) is -3.13.